The van der Waals surface area contributed by atoms with Gasteiger partial charge in [-0.2, -0.15) is 0 Å². The topological polar surface area (TPSA) is 91.6 Å². The van der Waals surface area contributed by atoms with E-state index in [4.69, 9.17) is 5.73 Å². The van der Waals surface area contributed by atoms with Crippen LogP contribution in [0.4, 0.5) is 0 Å². The number of nitrogens with zero attached hydrogens (tertiary/aromatic N) is 3. The largest absolute Gasteiger partial charge is 0.352 e. The van der Waals surface area contributed by atoms with Gasteiger partial charge in [0.05, 0.1) is 5.56 Å². The second-order valence-electron chi connectivity index (χ2n) is 10.9. The Hall–Kier alpha value is -2.77. The fraction of sp³-hybridized carbons (Fsp3) is 0.552. The Morgan fingerprint density at radius 2 is 1.78 bits per heavy atom. The van der Waals surface area contributed by atoms with Gasteiger partial charge in [-0.3, -0.25) is 19.5 Å². The first kappa shape index (κ1) is 24.9. The van der Waals surface area contributed by atoms with Gasteiger partial charge in [-0.15, -0.1) is 0 Å². The molecule has 1 saturated heterocycles. The molecule has 5 rings (SSSR count). The summed E-state index contributed by atoms with van der Waals surface area (Å²) in [7, 11) is 0. The van der Waals surface area contributed by atoms with E-state index in [1.807, 2.05) is 0 Å². The second kappa shape index (κ2) is 11.1. The maximum atomic E-state index is 13.7. The number of amides is 2. The number of rotatable bonds is 7. The molecule has 2 aliphatic carbocycles. The van der Waals surface area contributed by atoms with Crippen LogP contribution in [0, 0.1) is 6.92 Å². The number of nitrogens with two attached hydrogens (primary N) is 1. The van der Waals surface area contributed by atoms with Crippen molar-refractivity contribution in [1.29, 1.82) is 0 Å². The summed E-state index contributed by atoms with van der Waals surface area (Å²) < 4.78 is 0. The van der Waals surface area contributed by atoms with Crippen molar-refractivity contribution >= 4 is 11.8 Å². The Labute approximate surface area is 214 Å². The molecule has 1 aromatic carbocycles. The van der Waals surface area contributed by atoms with Gasteiger partial charge in [0.1, 0.15) is 6.04 Å². The van der Waals surface area contributed by atoms with Gasteiger partial charge in [0.2, 0.25) is 5.91 Å². The van der Waals surface area contributed by atoms with E-state index in [0.29, 0.717) is 24.6 Å². The van der Waals surface area contributed by atoms with Crippen LogP contribution in [0.15, 0.2) is 48.8 Å². The summed E-state index contributed by atoms with van der Waals surface area (Å²) in [4.78, 5) is 35.7. The van der Waals surface area contributed by atoms with Gasteiger partial charge in [0, 0.05) is 49.7 Å². The molecule has 36 heavy (non-hydrogen) atoms. The van der Waals surface area contributed by atoms with E-state index in [-0.39, 0.29) is 29.9 Å². The fourth-order valence-corrected chi connectivity index (χ4v) is 5.82. The molecule has 3 aliphatic rings. The highest BCUT2D eigenvalue weighted by Crippen LogP contribution is 2.35. The minimum atomic E-state index is -0.480. The van der Waals surface area contributed by atoms with Gasteiger partial charge >= 0.3 is 0 Å². The van der Waals surface area contributed by atoms with E-state index in [1.165, 1.54) is 24.0 Å². The third kappa shape index (κ3) is 5.95. The lowest BCUT2D eigenvalue weighted by Gasteiger charge is -2.43. The maximum absolute atomic E-state index is 13.7. The van der Waals surface area contributed by atoms with Gasteiger partial charge in [-0.25, -0.2) is 0 Å². The smallest absolute Gasteiger partial charge is 0.256 e. The lowest BCUT2D eigenvalue weighted by atomic mass is 9.90. The third-order valence-corrected chi connectivity index (χ3v) is 8.14. The van der Waals surface area contributed by atoms with Gasteiger partial charge in [-0.1, -0.05) is 29.8 Å². The summed E-state index contributed by atoms with van der Waals surface area (Å²) in [6.07, 6.45) is 10.9. The maximum Gasteiger partial charge on any atom is 0.256 e. The number of nitrogens with one attached hydrogen (secondary N) is 1. The van der Waals surface area contributed by atoms with E-state index >= 15 is 0 Å². The molecule has 0 spiro atoms. The zero-order valence-electron chi connectivity index (χ0n) is 21.3. The molecular weight excluding hydrogens is 450 g/mol. The number of hydrogen-bond donors (Lipinski definition) is 2. The van der Waals surface area contributed by atoms with Crippen molar-refractivity contribution in [3.8, 4) is 0 Å². The Morgan fingerprint density at radius 3 is 2.44 bits per heavy atom. The molecule has 0 radical (unpaired) electrons. The van der Waals surface area contributed by atoms with Crippen molar-refractivity contribution in [3.63, 3.8) is 0 Å². The molecule has 0 bridgehead atoms. The summed E-state index contributed by atoms with van der Waals surface area (Å²) in [5.74, 6) is -0.132. The number of hydrogen-bond acceptors (Lipinski definition) is 5. The van der Waals surface area contributed by atoms with E-state index in [0.717, 1.165) is 38.6 Å². The van der Waals surface area contributed by atoms with Crippen LogP contribution in [-0.2, 0) is 11.3 Å². The quantitative estimate of drug-likeness (QED) is 0.622. The Bertz CT molecular complexity index is 1030. The molecule has 2 saturated carbocycles. The molecule has 2 heterocycles. The number of carbonyl (C=O) groups is 2. The molecule has 192 valence electrons. The first-order valence-corrected chi connectivity index (χ1v) is 13.6. The summed E-state index contributed by atoms with van der Waals surface area (Å²) in [6, 6.07) is 13.1. The van der Waals surface area contributed by atoms with Gasteiger partial charge in [0.25, 0.3) is 5.91 Å². The van der Waals surface area contributed by atoms with E-state index in [1.54, 1.807) is 29.4 Å². The van der Waals surface area contributed by atoms with Gasteiger partial charge in [-0.05, 0) is 76.0 Å². The minimum Gasteiger partial charge on any atom is -0.352 e. The van der Waals surface area contributed by atoms with Crippen molar-refractivity contribution < 1.29 is 9.59 Å². The molecule has 7 heteroatoms. The van der Waals surface area contributed by atoms with Crippen LogP contribution in [0.3, 0.4) is 0 Å². The Morgan fingerprint density at radius 1 is 1.03 bits per heavy atom. The van der Waals surface area contributed by atoms with E-state index in [2.05, 4.69) is 46.4 Å². The van der Waals surface area contributed by atoms with Crippen LogP contribution in [0.25, 0.3) is 0 Å². The van der Waals surface area contributed by atoms with Gasteiger partial charge < -0.3 is 16.0 Å². The number of aromatic nitrogens is 1. The highest BCUT2D eigenvalue weighted by atomic mass is 16.2. The molecule has 7 nitrogen and oxygen atoms in total. The van der Waals surface area contributed by atoms with Crippen LogP contribution in [0.1, 0.15) is 72.9 Å². The Kier molecular flexibility index (Phi) is 7.67. The SMILES string of the molecule is Cc1ccc(CN(C2CC2)C2CCN(C(=O)c3cccnc3)[C@@H](C(=O)NC3CCC(N)CC3)C2)cc1. The lowest BCUT2D eigenvalue weighted by Crippen LogP contribution is -2.59. The zero-order chi connectivity index (χ0) is 25.1. The van der Waals surface area contributed by atoms with Crippen molar-refractivity contribution in [1.82, 2.24) is 20.1 Å². The molecule has 3 fully saturated rings. The highest BCUT2D eigenvalue weighted by Gasteiger charge is 2.42. The number of aryl methyl sites for hydroxylation is 1. The molecule has 2 atom stereocenters. The average Bonchev–Trinajstić information content (AvgIpc) is 3.75. The second-order valence-corrected chi connectivity index (χ2v) is 10.9. The lowest BCUT2D eigenvalue weighted by molar-refractivity contribution is -0.128. The molecule has 2 amide bonds. The average molecular weight is 490 g/mol. The summed E-state index contributed by atoms with van der Waals surface area (Å²) in [5.41, 5.74) is 9.18. The molecule has 2 aromatic rings. The van der Waals surface area contributed by atoms with E-state index < -0.39 is 6.04 Å². The summed E-state index contributed by atoms with van der Waals surface area (Å²) in [5, 5.41) is 3.28. The number of carbonyl (C=O) groups excluding carboxylic acids is 2. The standard InChI is InChI=1S/C29H39N5O2/c1-20-4-6-21(7-5-20)19-34(25-12-13-25)26-14-16-33(29(36)22-3-2-15-31-18-22)27(17-26)28(35)32-24-10-8-23(30)9-11-24/h2-7,15,18,23-27H,8-14,16-17,19,30H2,1H3,(H,32,35)/t23?,24?,26?,27-/m1/s1. The third-order valence-electron chi connectivity index (χ3n) is 8.14. The van der Waals surface area contributed by atoms with Crippen molar-refractivity contribution in [3.05, 3.63) is 65.5 Å². The van der Waals surface area contributed by atoms with Crippen LogP contribution in [0.2, 0.25) is 0 Å². The van der Waals surface area contributed by atoms with Crippen LogP contribution >= 0.6 is 0 Å². The van der Waals surface area contributed by atoms with Crippen molar-refractivity contribution in [2.24, 2.45) is 5.73 Å². The van der Waals surface area contributed by atoms with Crippen LogP contribution < -0.4 is 11.1 Å². The van der Waals surface area contributed by atoms with Gasteiger partial charge in [0.15, 0.2) is 0 Å². The zero-order valence-corrected chi connectivity index (χ0v) is 21.3. The molecule has 1 unspecified atom stereocenters. The highest BCUT2D eigenvalue weighted by molar-refractivity contribution is 5.97. The summed E-state index contributed by atoms with van der Waals surface area (Å²) >= 11 is 0. The van der Waals surface area contributed by atoms with Crippen molar-refractivity contribution in [2.75, 3.05) is 6.54 Å². The van der Waals surface area contributed by atoms with Crippen LogP contribution in [0.5, 0.6) is 0 Å². The molecule has 1 aromatic heterocycles. The Balaban J connectivity index is 1.34. The first-order chi connectivity index (χ1) is 17.5. The van der Waals surface area contributed by atoms with Crippen molar-refractivity contribution in [2.45, 2.75) is 95.0 Å². The predicted molar refractivity (Wildman–Crippen MR) is 140 cm³/mol. The predicted octanol–water partition coefficient (Wildman–Crippen LogP) is 3.41. The fourth-order valence-electron chi connectivity index (χ4n) is 5.82. The monoisotopic (exact) mass is 489 g/mol. The number of benzene rings is 1. The van der Waals surface area contributed by atoms with E-state index in [9.17, 15) is 9.59 Å². The first-order valence-electron chi connectivity index (χ1n) is 13.6. The normalized spacial score (nSPS) is 26.6. The minimum absolute atomic E-state index is 0.0245. The number of piperidine rings is 1. The number of likely N-dealkylation sites (tertiary alicyclic amines) is 1. The van der Waals surface area contributed by atoms with Crippen LogP contribution in [-0.4, -0.2) is 63.4 Å². The molecular formula is C29H39N5O2. The molecule has 3 N–H and O–H groups in total. The summed E-state index contributed by atoms with van der Waals surface area (Å²) in [6.45, 7) is 3.57. The molecule has 1 aliphatic heterocycles. The number of pyridine rings is 1.